The number of hydrogen-bond acceptors (Lipinski definition) is 4. The minimum atomic E-state index is -0.140. The number of rotatable bonds is 7. The number of nitrogens with zero attached hydrogens (tertiary/aromatic N) is 1. The highest BCUT2D eigenvalue weighted by Gasteiger charge is 2.15. The summed E-state index contributed by atoms with van der Waals surface area (Å²) in [5.41, 5.74) is 5.25. The predicted octanol–water partition coefficient (Wildman–Crippen LogP) is 5.55. The van der Waals surface area contributed by atoms with Crippen molar-refractivity contribution < 1.29 is 14.3 Å². The largest absolute Gasteiger partial charge is 0.493 e. The lowest BCUT2D eigenvalue weighted by Crippen LogP contribution is -2.23. The second-order valence-electron chi connectivity index (χ2n) is 7.48. The summed E-state index contributed by atoms with van der Waals surface area (Å²) in [4.78, 5) is 17.9. The SMILES string of the molecule is CCOc1ccc(CNC(=O)c2cc(C)nc3c(-c4ccccc4)cccc23)cc1OC. The van der Waals surface area contributed by atoms with Gasteiger partial charge in [-0.05, 0) is 43.2 Å². The van der Waals surface area contributed by atoms with Gasteiger partial charge < -0.3 is 14.8 Å². The smallest absolute Gasteiger partial charge is 0.252 e. The normalized spacial score (nSPS) is 10.7. The monoisotopic (exact) mass is 426 g/mol. The molecule has 0 unspecified atom stereocenters. The minimum absolute atomic E-state index is 0.140. The number of aryl methyl sites for hydroxylation is 1. The van der Waals surface area contributed by atoms with Gasteiger partial charge in [0.05, 0.1) is 24.8 Å². The molecule has 0 aliphatic rings. The van der Waals surface area contributed by atoms with E-state index in [0.717, 1.165) is 33.3 Å². The Balaban J connectivity index is 1.63. The molecule has 0 aliphatic carbocycles. The highest BCUT2D eigenvalue weighted by molar-refractivity contribution is 6.09. The molecule has 1 heterocycles. The number of para-hydroxylation sites is 1. The topological polar surface area (TPSA) is 60.5 Å². The van der Waals surface area contributed by atoms with Crippen molar-refractivity contribution in [1.29, 1.82) is 0 Å². The van der Waals surface area contributed by atoms with E-state index < -0.39 is 0 Å². The van der Waals surface area contributed by atoms with Crippen molar-refractivity contribution in [3.05, 3.63) is 89.6 Å². The molecule has 1 amide bonds. The number of aromatic nitrogens is 1. The highest BCUT2D eigenvalue weighted by atomic mass is 16.5. The summed E-state index contributed by atoms with van der Waals surface area (Å²) >= 11 is 0. The van der Waals surface area contributed by atoms with Gasteiger partial charge in [-0.3, -0.25) is 9.78 Å². The van der Waals surface area contributed by atoms with E-state index in [-0.39, 0.29) is 5.91 Å². The van der Waals surface area contributed by atoms with Gasteiger partial charge in [0.25, 0.3) is 5.91 Å². The van der Waals surface area contributed by atoms with Crippen molar-refractivity contribution in [3.63, 3.8) is 0 Å². The van der Waals surface area contributed by atoms with E-state index in [2.05, 4.69) is 17.4 Å². The summed E-state index contributed by atoms with van der Waals surface area (Å²) in [5.74, 6) is 1.20. The van der Waals surface area contributed by atoms with Crippen LogP contribution >= 0.6 is 0 Å². The van der Waals surface area contributed by atoms with Crippen LogP contribution in [0.3, 0.4) is 0 Å². The Bertz CT molecular complexity index is 1250. The fraction of sp³-hybridized carbons (Fsp3) is 0.185. The van der Waals surface area contributed by atoms with Crippen LogP contribution in [0.15, 0.2) is 72.8 Å². The maximum absolute atomic E-state index is 13.2. The van der Waals surface area contributed by atoms with E-state index in [0.29, 0.717) is 30.2 Å². The zero-order chi connectivity index (χ0) is 22.5. The first-order valence-electron chi connectivity index (χ1n) is 10.6. The Labute approximate surface area is 188 Å². The van der Waals surface area contributed by atoms with Crippen LogP contribution in [-0.4, -0.2) is 24.6 Å². The van der Waals surface area contributed by atoms with Gasteiger partial charge in [0.1, 0.15) is 0 Å². The van der Waals surface area contributed by atoms with Gasteiger partial charge in [-0.1, -0.05) is 54.6 Å². The number of benzene rings is 3. The zero-order valence-electron chi connectivity index (χ0n) is 18.5. The average Bonchev–Trinajstić information content (AvgIpc) is 2.83. The Morgan fingerprint density at radius 3 is 2.53 bits per heavy atom. The molecular formula is C27H26N2O3. The van der Waals surface area contributed by atoms with E-state index in [1.54, 1.807) is 7.11 Å². The molecule has 5 nitrogen and oxygen atoms in total. The molecule has 4 aromatic rings. The van der Waals surface area contributed by atoms with Crippen LogP contribution in [-0.2, 0) is 6.54 Å². The van der Waals surface area contributed by atoms with Crippen LogP contribution in [0.5, 0.6) is 11.5 Å². The standard InChI is InChI=1S/C27H26N2O3/c1-4-32-24-14-13-19(16-25(24)31-3)17-28-27(30)23-15-18(2)29-26-21(11-8-12-22(23)26)20-9-6-5-7-10-20/h5-16H,4,17H2,1-3H3,(H,28,30). The third-order valence-electron chi connectivity index (χ3n) is 5.28. The lowest BCUT2D eigenvalue weighted by atomic mass is 9.98. The molecule has 1 N–H and O–H groups in total. The van der Waals surface area contributed by atoms with Crippen molar-refractivity contribution in [3.8, 4) is 22.6 Å². The number of pyridine rings is 1. The molecule has 0 bridgehead atoms. The molecule has 0 spiro atoms. The van der Waals surface area contributed by atoms with Crippen molar-refractivity contribution in [2.24, 2.45) is 0 Å². The summed E-state index contributed by atoms with van der Waals surface area (Å²) in [7, 11) is 1.61. The molecule has 5 heteroatoms. The van der Waals surface area contributed by atoms with Gasteiger partial charge in [-0.2, -0.15) is 0 Å². The number of methoxy groups -OCH3 is 1. The third-order valence-corrected chi connectivity index (χ3v) is 5.28. The van der Waals surface area contributed by atoms with Gasteiger partial charge in [0.2, 0.25) is 0 Å². The summed E-state index contributed by atoms with van der Waals surface area (Å²) in [6, 6.07) is 23.6. The fourth-order valence-electron chi connectivity index (χ4n) is 3.79. The number of amides is 1. The van der Waals surface area contributed by atoms with Crippen molar-refractivity contribution in [2.75, 3.05) is 13.7 Å². The summed E-state index contributed by atoms with van der Waals surface area (Å²) in [5, 5.41) is 3.87. The van der Waals surface area contributed by atoms with Crippen LogP contribution in [0.25, 0.3) is 22.0 Å². The first-order chi connectivity index (χ1) is 15.6. The van der Waals surface area contributed by atoms with Gasteiger partial charge >= 0.3 is 0 Å². The second kappa shape index (κ2) is 9.52. The number of ether oxygens (including phenoxy) is 2. The summed E-state index contributed by atoms with van der Waals surface area (Å²) < 4.78 is 11.0. The van der Waals surface area contributed by atoms with Crippen LogP contribution in [0.4, 0.5) is 0 Å². The zero-order valence-corrected chi connectivity index (χ0v) is 18.5. The molecule has 0 radical (unpaired) electrons. The predicted molar refractivity (Wildman–Crippen MR) is 127 cm³/mol. The molecule has 1 aromatic heterocycles. The highest BCUT2D eigenvalue weighted by Crippen LogP contribution is 2.30. The maximum atomic E-state index is 13.2. The molecule has 3 aromatic carbocycles. The van der Waals surface area contributed by atoms with Crippen LogP contribution in [0.2, 0.25) is 0 Å². The molecule has 0 aliphatic heterocycles. The molecule has 0 atom stereocenters. The Morgan fingerprint density at radius 2 is 1.78 bits per heavy atom. The van der Waals surface area contributed by atoms with Gasteiger partial charge in [0, 0.05) is 23.2 Å². The van der Waals surface area contributed by atoms with Crippen LogP contribution in [0, 0.1) is 6.92 Å². The van der Waals surface area contributed by atoms with E-state index >= 15 is 0 Å². The third kappa shape index (κ3) is 4.42. The molecule has 0 fully saturated rings. The number of hydrogen-bond donors (Lipinski definition) is 1. The number of fused-ring (bicyclic) bond motifs is 1. The van der Waals surface area contributed by atoms with E-state index in [4.69, 9.17) is 14.5 Å². The lowest BCUT2D eigenvalue weighted by Gasteiger charge is -2.13. The van der Waals surface area contributed by atoms with Crippen molar-refractivity contribution in [2.45, 2.75) is 20.4 Å². The Morgan fingerprint density at radius 1 is 0.969 bits per heavy atom. The Kier molecular flexibility index (Phi) is 6.36. The summed E-state index contributed by atoms with van der Waals surface area (Å²) in [6.45, 7) is 4.78. The van der Waals surface area contributed by atoms with E-state index in [1.807, 2.05) is 74.5 Å². The lowest BCUT2D eigenvalue weighted by molar-refractivity contribution is 0.0952. The first kappa shape index (κ1) is 21.4. The van der Waals surface area contributed by atoms with Crippen LogP contribution < -0.4 is 14.8 Å². The van der Waals surface area contributed by atoms with Crippen molar-refractivity contribution >= 4 is 16.8 Å². The molecular weight excluding hydrogens is 400 g/mol. The molecule has 0 saturated carbocycles. The average molecular weight is 427 g/mol. The quantitative estimate of drug-likeness (QED) is 0.421. The second-order valence-corrected chi connectivity index (χ2v) is 7.48. The number of nitrogens with one attached hydrogen (secondary N) is 1. The van der Waals surface area contributed by atoms with Gasteiger partial charge in [0.15, 0.2) is 11.5 Å². The molecule has 4 rings (SSSR count). The minimum Gasteiger partial charge on any atom is -0.493 e. The Hall–Kier alpha value is -3.86. The summed E-state index contributed by atoms with van der Waals surface area (Å²) in [6.07, 6.45) is 0. The number of carbonyl (C=O) groups excluding carboxylic acids is 1. The van der Waals surface area contributed by atoms with Crippen molar-refractivity contribution in [1.82, 2.24) is 10.3 Å². The van der Waals surface area contributed by atoms with E-state index in [9.17, 15) is 4.79 Å². The van der Waals surface area contributed by atoms with E-state index in [1.165, 1.54) is 0 Å². The molecule has 162 valence electrons. The maximum Gasteiger partial charge on any atom is 0.252 e. The molecule has 0 saturated heterocycles. The fourth-order valence-corrected chi connectivity index (χ4v) is 3.79. The molecule has 32 heavy (non-hydrogen) atoms. The number of carbonyl (C=O) groups is 1. The van der Waals surface area contributed by atoms with Gasteiger partial charge in [-0.15, -0.1) is 0 Å². The van der Waals surface area contributed by atoms with Crippen LogP contribution in [0.1, 0.15) is 28.5 Å². The first-order valence-corrected chi connectivity index (χ1v) is 10.6. The van der Waals surface area contributed by atoms with Gasteiger partial charge in [-0.25, -0.2) is 0 Å².